The first-order chi connectivity index (χ1) is 11.2. The Kier molecular flexibility index (Phi) is 7.40. The van der Waals surface area contributed by atoms with Crippen molar-refractivity contribution in [1.29, 1.82) is 0 Å². The maximum absolute atomic E-state index is 12.2. The number of hydrogen-bond donors (Lipinski definition) is 1. The van der Waals surface area contributed by atoms with Gasteiger partial charge in [0.05, 0.1) is 6.61 Å². The number of nitrogens with one attached hydrogen (secondary N) is 1. The molecule has 1 aromatic carbocycles. The van der Waals surface area contributed by atoms with E-state index in [1.165, 1.54) is 5.56 Å². The number of benzene rings is 1. The van der Waals surface area contributed by atoms with Crippen LogP contribution in [0.3, 0.4) is 0 Å². The van der Waals surface area contributed by atoms with Gasteiger partial charge in [0.25, 0.3) is 0 Å². The molecule has 0 bridgehead atoms. The number of hydrogen-bond acceptors (Lipinski definition) is 3. The number of para-hydroxylation sites is 1. The molecule has 0 aromatic heterocycles. The van der Waals surface area contributed by atoms with Gasteiger partial charge in [-0.3, -0.25) is 4.79 Å². The molecule has 1 heterocycles. The molecular formula is C19H30N2O2. The van der Waals surface area contributed by atoms with Crippen molar-refractivity contribution in [3.8, 4) is 5.75 Å². The molecule has 128 valence electrons. The zero-order valence-electron chi connectivity index (χ0n) is 14.5. The van der Waals surface area contributed by atoms with Crippen molar-refractivity contribution in [2.75, 3.05) is 33.3 Å². The zero-order valence-corrected chi connectivity index (χ0v) is 14.5. The molecule has 1 amide bonds. The van der Waals surface area contributed by atoms with Gasteiger partial charge in [-0.25, -0.2) is 0 Å². The Morgan fingerprint density at radius 2 is 2.04 bits per heavy atom. The Morgan fingerprint density at radius 1 is 1.30 bits per heavy atom. The van der Waals surface area contributed by atoms with Gasteiger partial charge in [-0.05, 0) is 63.9 Å². The van der Waals surface area contributed by atoms with Gasteiger partial charge in [0.2, 0.25) is 5.91 Å². The number of carbonyl (C=O) groups excluding carboxylic acids is 1. The molecule has 0 atom stereocenters. The van der Waals surface area contributed by atoms with Gasteiger partial charge >= 0.3 is 0 Å². The van der Waals surface area contributed by atoms with Gasteiger partial charge in [-0.1, -0.05) is 25.1 Å². The van der Waals surface area contributed by atoms with Crippen LogP contribution in [0.5, 0.6) is 5.75 Å². The summed E-state index contributed by atoms with van der Waals surface area (Å²) in [6.45, 7) is 5.67. The summed E-state index contributed by atoms with van der Waals surface area (Å²) in [6.07, 6.45) is 4.87. The molecule has 1 N–H and O–H groups in total. The third-order valence-electron chi connectivity index (χ3n) is 4.45. The summed E-state index contributed by atoms with van der Waals surface area (Å²) >= 11 is 0. The van der Waals surface area contributed by atoms with Crippen LogP contribution in [-0.4, -0.2) is 44.1 Å². The minimum atomic E-state index is 0.200. The standard InChI is InChI=1S/C19H30N2O2/c1-3-15-23-18-9-5-4-7-16(18)8-6-12-20-19(22)17-10-13-21(2)14-11-17/h4-5,7,9,17H,3,6,8,10-15H2,1-2H3,(H,20,22). The lowest BCUT2D eigenvalue weighted by molar-refractivity contribution is -0.126. The van der Waals surface area contributed by atoms with E-state index >= 15 is 0 Å². The number of rotatable bonds is 8. The minimum Gasteiger partial charge on any atom is -0.493 e. The van der Waals surface area contributed by atoms with Gasteiger partial charge in [-0.2, -0.15) is 0 Å². The summed E-state index contributed by atoms with van der Waals surface area (Å²) in [4.78, 5) is 14.5. The fourth-order valence-corrected chi connectivity index (χ4v) is 2.97. The fourth-order valence-electron chi connectivity index (χ4n) is 2.97. The van der Waals surface area contributed by atoms with Crippen LogP contribution in [0.25, 0.3) is 0 Å². The highest BCUT2D eigenvalue weighted by Crippen LogP contribution is 2.20. The lowest BCUT2D eigenvalue weighted by Crippen LogP contribution is -2.39. The van der Waals surface area contributed by atoms with E-state index in [2.05, 4.69) is 30.3 Å². The van der Waals surface area contributed by atoms with Crippen LogP contribution in [0.1, 0.15) is 38.2 Å². The van der Waals surface area contributed by atoms with E-state index in [9.17, 15) is 4.79 Å². The SMILES string of the molecule is CCCOc1ccccc1CCCNC(=O)C1CCN(C)CC1. The summed E-state index contributed by atoms with van der Waals surface area (Å²) in [5.41, 5.74) is 1.23. The maximum atomic E-state index is 12.2. The Balaban J connectivity index is 1.70. The summed E-state index contributed by atoms with van der Waals surface area (Å²) in [5.74, 6) is 1.41. The highest BCUT2D eigenvalue weighted by molar-refractivity contribution is 5.78. The Labute approximate surface area is 140 Å². The van der Waals surface area contributed by atoms with Crippen molar-refractivity contribution in [2.45, 2.75) is 39.0 Å². The van der Waals surface area contributed by atoms with Crippen molar-refractivity contribution >= 4 is 5.91 Å². The predicted octanol–water partition coefficient (Wildman–Crippen LogP) is 2.87. The number of nitrogens with zero attached hydrogens (tertiary/aromatic N) is 1. The number of likely N-dealkylation sites (tertiary alicyclic amines) is 1. The van der Waals surface area contributed by atoms with Crippen molar-refractivity contribution in [1.82, 2.24) is 10.2 Å². The molecule has 0 saturated carbocycles. The van der Waals surface area contributed by atoms with Gasteiger partial charge in [-0.15, -0.1) is 0 Å². The van der Waals surface area contributed by atoms with Crippen LogP contribution in [0.15, 0.2) is 24.3 Å². The summed E-state index contributed by atoms with van der Waals surface area (Å²) in [7, 11) is 2.12. The maximum Gasteiger partial charge on any atom is 0.223 e. The molecule has 1 aliphatic rings. The van der Waals surface area contributed by atoms with E-state index in [4.69, 9.17) is 4.74 Å². The van der Waals surface area contributed by atoms with E-state index in [-0.39, 0.29) is 11.8 Å². The molecule has 0 unspecified atom stereocenters. The van der Waals surface area contributed by atoms with E-state index in [1.807, 2.05) is 18.2 Å². The molecular weight excluding hydrogens is 288 g/mol. The molecule has 2 rings (SSSR count). The Morgan fingerprint density at radius 3 is 2.78 bits per heavy atom. The summed E-state index contributed by atoms with van der Waals surface area (Å²) in [6, 6.07) is 8.20. The first-order valence-electron chi connectivity index (χ1n) is 8.87. The molecule has 1 aromatic rings. The molecule has 0 aliphatic carbocycles. The van der Waals surface area contributed by atoms with Gasteiger partial charge in [0, 0.05) is 12.5 Å². The normalized spacial score (nSPS) is 16.3. The highest BCUT2D eigenvalue weighted by Gasteiger charge is 2.22. The molecule has 1 saturated heterocycles. The third-order valence-corrected chi connectivity index (χ3v) is 4.45. The largest absolute Gasteiger partial charge is 0.493 e. The third kappa shape index (κ3) is 5.87. The molecule has 4 nitrogen and oxygen atoms in total. The quantitative estimate of drug-likeness (QED) is 0.749. The molecule has 1 fully saturated rings. The van der Waals surface area contributed by atoms with Crippen molar-refractivity contribution < 1.29 is 9.53 Å². The highest BCUT2D eigenvalue weighted by atomic mass is 16.5. The first-order valence-corrected chi connectivity index (χ1v) is 8.87. The minimum absolute atomic E-state index is 0.200. The van der Waals surface area contributed by atoms with E-state index in [1.54, 1.807) is 0 Å². The first kappa shape index (κ1) is 17.8. The second kappa shape index (κ2) is 9.56. The smallest absolute Gasteiger partial charge is 0.223 e. The molecule has 0 radical (unpaired) electrons. The van der Waals surface area contributed by atoms with Crippen LogP contribution in [-0.2, 0) is 11.2 Å². The predicted molar refractivity (Wildman–Crippen MR) is 93.8 cm³/mol. The summed E-state index contributed by atoms with van der Waals surface area (Å²) < 4.78 is 5.78. The van der Waals surface area contributed by atoms with Gasteiger partial charge in [0.1, 0.15) is 5.75 Å². The summed E-state index contributed by atoms with van der Waals surface area (Å²) in [5, 5.41) is 3.10. The number of ether oxygens (including phenoxy) is 1. The molecule has 1 aliphatic heterocycles. The van der Waals surface area contributed by atoms with Gasteiger partial charge < -0.3 is 15.0 Å². The van der Waals surface area contributed by atoms with Crippen LogP contribution in [0, 0.1) is 5.92 Å². The monoisotopic (exact) mass is 318 g/mol. The van der Waals surface area contributed by atoms with Crippen LogP contribution in [0.2, 0.25) is 0 Å². The number of aryl methyl sites for hydroxylation is 1. The second-order valence-corrected chi connectivity index (χ2v) is 6.43. The van der Waals surface area contributed by atoms with Crippen LogP contribution < -0.4 is 10.1 Å². The molecule has 0 spiro atoms. The Hall–Kier alpha value is -1.55. The Bertz CT molecular complexity index is 482. The number of amides is 1. The topological polar surface area (TPSA) is 41.6 Å². The average Bonchev–Trinajstić information content (AvgIpc) is 2.58. The van der Waals surface area contributed by atoms with Crippen LogP contribution in [0.4, 0.5) is 0 Å². The van der Waals surface area contributed by atoms with Crippen molar-refractivity contribution in [3.63, 3.8) is 0 Å². The molecule has 4 heteroatoms. The van der Waals surface area contributed by atoms with Gasteiger partial charge in [0.15, 0.2) is 0 Å². The number of carbonyl (C=O) groups is 1. The molecule has 23 heavy (non-hydrogen) atoms. The lowest BCUT2D eigenvalue weighted by Gasteiger charge is -2.28. The fraction of sp³-hybridized carbons (Fsp3) is 0.632. The van der Waals surface area contributed by atoms with Crippen LogP contribution >= 0.6 is 0 Å². The van der Waals surface area contributed by atoms with Crippen molar-refractivity contribution in [2.24, 2.45) is 5.92 Å². The van der Waals surface area contributed by atoms with E-state index in [0.717, 1.165) is 64.1 Å². The van der Waals surface area contributed by atoms with E-state index in [0.29, 0.717) is 0 Å². The lowest BCUT2D eigenvalue weighted by atomic mass is 9.96. The number of piperidine rings is 1. The van der Waals surface area contributed by atoms with Crippen molar-refractivity contribution in [3.05, 3.63) is 29.8 Å². The van der Waals surface area contributed by atoms with E-state index < -0.39 is 0 Å². The zero-order chi connectivity index (χ0) is 16.5. The average molecular weight is 318 g/mol. The second-order valence-electron chi connectivity index (χ2n) is 6.43.